The molecule has 5 heteroatoms. The van der Waals surface area contributed by atoms with E-state index in [0.29, 0.717) is 19.8 Å². The van der Waals surface area contributed by atoms with Gasteiger partial charge in [0.05, 0.1) is 0 Å². The Bertz CT molecular complexity index is 369. The van der Waals surface area contributed by atoms with Crippen molar-refractivity contribution in [3.8, 4) is 0 Å². The van der Waals surface area contributed by atoms with Gasteiger partial charge >= 0.3 is 0 Å². The molecule has 0 heterocycles. The molecular weight excluding hydrogens is 232 g/mol. The molecule has 5 nitrogen and oxygen atoms in total. The first-order valence-electron chi connectivity index (χ1n) is 5.92. The second-order valence-corrected chi connectivity index (χ2v) is 3.85. The molecule has 0 aliphatic rings. The number of benzene rings is 1. The van der Waals surface area contributed by atoms with Crippen molar-refractivity contribution in [2.45, 2.75) is 13.0 Å². The number of methoxy groups -OCH3 is 1. The minimum absolute atomic E-state index is 0.0521. The van der Waals surface area contributed by atoms with Crippen molar-refractivity contribution < 1.29 is 14.3 Å². The molecular formula is C13H20N2O3. The Morgan fingerprint density at radius 3 is 2.94 bits per heavy atom. The molecule has 0 aliphatic heterocycles. The number of hydrogen-bond donors (Lipinski definition) is 2. The zero-order chi connectivity index (χ0) is 13.2. The first kappa shape index (κ1) is 14.6. The van der Waals surface area contributed by atoms with Crippen LogP contribution in [0.15, 0.2) is 24.3 Å². The summed E-state index contributed by atoms with van der Waals surface area (Å²) in [6.07, 6.45) is 0.784. The molecule has 0 saturated heterocycles. The Morgan fingerprint density at radius 1 is 1.39 bits per heavy atom. The summed E-state index contributed by atoms with van der Waals surface area (Å²) in [5.41, 5.74) is 7.25. The van der Waals surface area contributed by atoms with Crippen LogP contribution in [-0.2, 0) is 20.8 Å². The van der Waals surface area contributed by atoms with E-state index in [1.54, 1.807) is 7.11 Å². The minimum atomic E-state index is -0.165. The summed E-state index contributed by atoms with van der Waals surface area (Å²) in [5.74, 6) is -0.165. The van der Waals surface area contributed by atoms with Gasteiger partial charge in [0.25, 0.3) is 0 Å². The topological polar surface area (TPSA) is 73.6 Å². The normalized spacial score (nSPS) is 10.3. The summed E-state index contributed by atoms with van der Waals surface area (Å²) in [6.45, 7) is 1.66. The smallest absolute Gasteiger partial charge is 0.250 e. The fraction of sp³-hybridized carbons (Fsp3) is 0.462. The number of nitrogens with one attached hydrogen (secondary N) is 1. The Labute approximate surface area is 107 Å². The number of rotatable bonds is 8. The number of amides is 1. The summed E-state index contributed by atoms with van der Waals surface area (Å²) in [7, 11) is 1.64. The van der Waals surface area contributed by atoms with Crippen molar-refractivity contribution in [3.63, 3.8) is 0 Å². The summed E-state index contributed by atoms with van der Waals surface area (Å²) in [6, 6.07) is 7.44. The zero-order valence-electron chi connectivity index (χ0n) is 10.6. The third-order valence-corrected chi connectivity index (χ3v) is 2.32. The van der Waals surface area contributed by atoms with Gasteiger partial charge in [-0.05, 0) is 24.1 Å². The van der Waals surface area contributed by atoms with Crippen LogP contribution in [0.3, 0.4) is 0 Å². The van der Waals surface area contributed by atoms with Crippen molar-refractivity contribution in [3.05, 3.63) is 29.8 Å². The van der Waals surface area contributed by atoms with E-state index >= 15 is 0 Å². The van der Waals surface area contributed by atoms with Crippen LogP contribution in [0.1, 0.15) is 12.0 Å². The number of carbonyl (C=O) groups excluding carboxylic acids is 1. The lowest BCUT2D eigenvalue weighted by Crippen LogP contribution is -2.19. The van der Waals surface area contributed by atoms with Crippen LogP contribution < -0.4 is 11.1 Å². The number of ether oxygens (including phenoxy) is 2. The summed E-state index contributed by atoms with van der Waals surface area (Å²) in [5, 5.41) is 2.76. The predicted molar refractivity (Wildman–Crippen MR) is 70.3 cm³/mol. The van der Waals surface area contributed by atoms with Gasteiger partial charge in [-0.2, -0.15) is 0 Å². The monoisotopic (exact) mass is 252 g/mol. The van der Waals surface area contributed by atoms with Crippen LogP contribution in [0.4, 0.5) is 5.69 Å². The van der Waals surface area contributed by atoms with Gasteiger partial charge in [-0.15, -0.1) is 0 Å². The first-order valence-corrected chi connectivity index (χ1v) is 5.92. The lowest BCUT2D eigenvalue weighted by atomic mass is 10.2. The molecule has 0 saturated carbocycles. The minimum Gasteiger partial charge on any atom is -0.385 e. The van der Waals surface area contributed by atoms with Crippen LogP contribution in [0.25, 0.3) is 0 Å². The maximum atomic E-state index is 11.5. The van der Waals surface area contributed by atoms with Gasteiger partial charge in [0.15, 0.2) is 0 Å². The molecule has 1 aromatic rings. The van der Waals surface area contributed by atoms with Crippen LogP contribution in [-0.4, -0.2) is 32.8 Å². The highest BCUT2D eigenvalue weighted by Crippen LogP contribution is 2.09. The lowest BCUT2D eigenvalue weighted by Gasteiger charge is -2.07. The van der Waals surface area contributed by atoms with Crippen LogP contribution >= 0.6 is 0 Å². The van der Waals surface area contributed by atoms with Gasteiger partial charge in [0.1, 0.15) is 6.61 Å². The quantitative estimate of drug-likeness (QED) is 0.680. The molecule has 100 valence electrons. The van der Waals surface area contributed by atoms with E-state index in [0.717, 1.165) is 17.7 Å². The van der Waals surface area contributed by atoms with Gasteiger partial charge in [0, 0.05) is 32.6 Å². The van der Waals surface area contributed by atoms with Crippen LogP contribution in [0, 0.1) is 0 Å². The second-order valence-electron chi connectivity index (χ2n) is 3.85. The summed E-state index contributed by atoms with van der Waals surface area (Å²) < 4.78 is 10.1. The van der Waals surface area contributed by atoms with Gasteiger partial charge in [-0.1, -0.05) is 12.1 Å². The molecule has 1 rings (SSSR count). The van der Waals surface area contributed by atoms with Gasteiger partial charge < -0.3 is 20.5 Å². The average molecular weight is 252 g/mol. The van der Waals surface area contributed by atoms with Gasteiger partial charge in [-0.3, -0.25) is 4.79 Å². The maximum Gasteiger partial charge on any atom is 0.250 e. The van der Waals surface area contributed by atoms with E-state index in [1.165, 1.54) is 0 Å². The fourth-order valence-corrected chi connectivity index (χ4v) is 1.44. The van der Waals surface area contributed by atoms with Crippen molar-refractivity contribution in [1.29, 1.82) is 0 Å². The molecule has 0 unspecified atom stereocenters. The van der Waals surface area contributed by atoms with Crippen molar-refractivity contribution in [2.75, 3.05) is 32.2 Å². The average Bonchev–Trinajstić information content (AvgIpc) is 2.38. The Kier molecular flexibility index (Phi) is 7.01. The molecule has 0 aliphatic carbocycles. The highest BCUT2D eigenvalue weighted by Gasteiger charge is 2.02. The molecule has 1 aromatic carbocycles. The van der Waals surface area contributed by atoms with Crippen molar-refractivity contribution in [1.82, 2.24) is 0 Å². The molecule has 0 bridgehead atoms. The molecule has 0 atom stereocenters. The number of carbonyl (C=O) groups is 1. The van der Waals surface area contributed by atoms with Gasteiger partial charge in [-0.25, -0.2) is 0 Å². The third kappa shape index (κ3) is 5.77. The van der Waals surface area contributed by atoms with E-state index in [-0.39, 0.29) is 12.5 Å². The van der Waals surface area contributed by atoms with E-state index in [4.69, 9.17) is 15.2 Å². The van der Waals surface area contributed by atoms with Crippen molar-refractivity contribution >= 4 is 11.6 Å². The maximum absolute atomic E-state index is 11.5. The molecule has 3 N–H and O–H groups in total. The van der Waals surface area contributed by atoms with Gasteiger partial charge in [0.2, 0.25) is 5.91 Å². The fourth-order valence-electron chi connectivity index (χ4n) is 1.44. The molecule has 0 radical (unpaired) electrons. The van der Waals surface area contributed by atoms with E-state index < -0.39 is 0 Å². The van der Waals surface area contributed by atoms with E-state index in [2.05, 4.69) is 5.32 Å². The molecule has 0 aromatic heterocycles. The third-order valence-electron chi connectivity index (χ3n) is 2.32. The van der Waals surface area contributed by atoms with Crippen LogP contribution in [0.5, 0.6) is 0 Å². The zero-order valence-corrected chi connectivity index (χ0v) is 10.6. The van der Waals surface area contributed by atoms with E-state index in [1.807, 2.05) is 24.3 Å². The lowest BCUT2D eigenvalue weighted by molar-refractivity contribution is -0.120. The van der Waals surface area contributed by atoms with Crippen molar-refractivity contribution in [2.24, 2.45) is 5.73 Å². The number of anilines is 1. The van der Waals surface area contributed by atoms with E-state index in [9.17, 15) is 4.79 Å². The SMILES string of the molecule is COCCCOCC(=O)Nc1cccc(CN)c1. The number of hydrogen-bond acceptors (Lipinski definition) is 4. The largest absolute Gasteiger partial charge is 0.385 e. The Hall–Kier alpha value is -1.43. The predicted octanol–water partition coefficient (Wildman–Crippen LogP) is 1.14. The summed E-state index contributed by atoms with van der Waals surface area (Å²) in [4.78, 5) is 11.5. The molecule has 0 spiro atoms. The second kappa shape index (κ2) is 8.63. The summed E-state index contributed by atoms with van der Waals surface area (Å²) >= 11 is 0. The highest BCUT2D eigenvalue weighted by atomic mass is 16.5. The molecule has 1 amide bonds. The standard InChI is InChI=1S/C13H20N2O3/c1-17-6-3-7-18-10-13(16)15-12-5-2-4-11(8-12)9-14/h2,4-5,8H,3,6-7,9-10,14H2,1H3,(H,15,16). The Morgan fingerprint density at radius 2 is 2.22 bits per heavy atom. The highest BCUT2D eigenvalue weighted by molar-refractivity contribution is 5.91. The Balaban J connectivity index is 2.26. The molecule has 18 heavy (non-hydrogen) atoms. The first-order chi connectivity index (χ1) is 8.76. The molecule has 0 fully saturated rings. The number of nitrogens with two attached hydrogens (primary N) is 1. The van der Waals surface area contributed by atoms with Crippen LogP contribution in [0.2, 0.25) is 0 Å².